The van der Waals surface area contributed by atoms with Crippen LogP contribution in [0.2, 0.25) is 0 Å². The monoisotopic (exact) mass is 337 g/mol. The van der Waals surface area contributed by atoms with E-state index in [2.05, 4.69) is 0 Å². The number of benzene rings is 2. The highest BCUT2D eigenvalue weighted by Crippen LogP contribution is 2.23. The van der Waals surface area contributed by atoms with E-state index in [1.54, 1.807) is 12.1 Å². The lowest BCUT2D eigenvalue weighted by Crippen LogP contribution is -2.37. The molecule has 1 unspecified atom stereocenters. The highest BCUT2D eigenvalue weighted by Gasteiger charge is 2.24. The number of amides is 1. The SMILES string of the molecule is O=C(NO)C(O)CS(=O)(=O)c1ccc(Oc2ccccc2)cc1. The molecule has 2 aromatic carbocycles. The summed E-state index contributed by atoms with van der Waals surface area (Å²) in [6, 6.07) is 14.5. The molecule has 8 heteroatoms. The zero-order valence-corrected chi connectivity index (χ0v) is 12.7. The normalized spacial score (nSPS) is 12.4. The molecule has 3 N–H and O–H groups in total. The fourth-order valence-corrected chi connectivity index (χ4v) is 3.10. The summed E-state index contributed by atoms with van der Waals surface area (Å²) >= 11 is 0. The number of sulfone groups is 1. The van der Waals surface area contributed by atoms with Crippen LogP contribution < -0.4 is 10.2 Å². The quantitative estimate of drug-likeness (QED) is 0.538. The van der Waals surface area contributed by atoms with E-state index in [-0.39, 0.29) is 4.90 Å². The van der Waals surface area contributed by atoms with Gasteiger partial charge in [0.1, 0.15) is 17.6 Å². The summed E-state index contributed by atoms with van der Waals surface area (Å²) in [5, 5.41) is 17.8. The lowest BCUT2D eigenvalue weighted by Gasteiger charge is -2.10. The third-order valence-electron chi connectivity index (χ3n) is 2.95. The van der Waals surface area contributed by atoms with Crippen LogP contribution in [0, 0.1) is 0 Å². The number of ether oxygens (including phenoxy) is 1. The van der Waals surface area contributed by atoms with Gasteiger partial charge in [-0.15, -0.1) is 0 Å². The minimum Gasteiger partial charge on any atom is -0.457 e. The number of carbonyl (C=O) groups is 1. The molecule has 0 aromatic heterocycles. The van der Waals surface area contributed by atoms with E-state index in [1.807, 2.05) is 18.2 Å². The summed E-state index contributed by atoms with van der Waals surface area (Å²) in [7, 11) is -3.88. The zero-order valence-electron chi connectivity index (χ0n) is 11.9. The van der Waals surface area contributed by atoms with E-state index in [4.69, 9.17) is 9.94 Å². The predicted molar refractivity (Wildman–Crippen MR) is 80.9 cm³/mol. The molecule has 1 atom stereocenters. The first-order valence-corrected chi connectivity index (χ1v) is 8.25. The van der Waals surface area contributed by atoms with Crippen molar-refractivity contribution >= 4 is 15.7 Å². The number of nitrogens with one attached hydrogen (secondary N) is 1. The van der Waals surface area contributed by atoms with Gasteiger partial charge >= 0.3 is 0 Å². The molecule has 7 nitrogen and oxygen atoms in total. The Morgan fingerprint density at radius 1 is 1.04 bits per heavy atom. The topological polar surface area (TPSA) is 113 Å². The van der Waals surface area contributed by atoms with Gasteiger partial charge in [0.05, 0.1) is 10.6 Å². The van der Waals surface area contributed by atoms with Crippen molar-refractivity contribution in [3.63, 3.8) is 0 Å². The molecule has 0 aliphatic heterocycles. The molecule has 23 heavy (non-hydrogen) atoms. The van der Waals surface area contributed by atoms with Gasteiger partial charge in [-0.3, -0.25) is 10.0 Å². The zero-order chi connectivity index (χ0) is 16.9. The Morgan fingerprint density at radius 3 is 2.17 bits per heavy atom. The van der Waals surface area contributed by atoms with Crippen molar-refractivity contribution in [3.8, 4) is 11.5 Å². The van der Waals surface area contributed by atoms with Crippen LogP contribution in [0.25, 0.3) is 0 Å². The van der Waals surface area contributed by atoms with Gasteiger partial charge in [0.25, 0.3) is 5.91 Å². The predicted octanol–water partition coefficient (Wildman–Crippen LogP) is 1.12. The number of rotatable bonds is 6. The average molecular weight is 337 g/mol. The average Bonchev–Trinajstić information content (AvgIpc) is 2.55. The van der Waals surface area contributed by atoms with Crippen molar-refractivity contribution in [1.82, 2.24) is 5.48 Å². The number of carbonyl (C=O) groups excluding carboxylic acids is 1. The maximum absolute atomic E-state index is 12.1. The van der Waals surface area contributed by atoms with Crippen molar-refractivity contribution in [1.29, 1.82) is 0 Å². The first kappa shape index (κ1) is 16.9. The first-order valence-electron chi connectivity index (χ1n) is 6.60. The summed E-state index contributed by atoms with van der Waals surface area (Å²) in [5.74, 6) is -0.960. The van der Waals surface area contributed by atoms with Crippen LogP contribution in [0.15, 0.2) is 59.5 Å². The minimum atomic E-state index is -3.88. The lowest BCUT2D eigenvalue weighted by molar-refractivity contribution is -0.136. The van der Waals surface area contributed by atoms with Crippen LogP contribution in [0.4, 0.5) is 0 Å². The van der Waals surface area contributed by atoms with Gasteiger partial charge in [-0.1, -0.05) is 18.2 Å². The van der Waals surface area contributed by atoms with Gasteiger partial charge in [-0.05, 0) is 36.4 Å². The molecule has 0 aliphatic rings. The second kappa shape index (κ2) is 7.23. The van der Waals surface area contributed by atoms with E-state index in [1.165, 1.54) is 29.7 Å². The number of hydroxylamine groups is 1. The van der Waals surface area contributed by atoms with Crippen LogP contribution >= 0.6 is 0 Å². The number of para-hydroxylation sites is 1. The van der Waals surface area contributed by atoms with Gasteiger partial charge in [0, 0.05) is 0 Å². The van der Waals surface area contributed by atoms with Crippen molar-refractivity contribution < 1.29 is 28.3 Å². The van der Waals surface area contributed by atoms with Crippen LogP contribution in [0.5, 0.6) is 11.5 Å². The molecular weight excluding hydrogens is 322 g/mol. The molecule has 0 saturated heterocycles. The molecule has 0 radical (unpaired) electrons. The molecule has 0 spiro atoms. The lowest BCUT2D eigenvalue weighted by atomic mass is 10.3. The van der Waals surface area contributed by atoms with E-state index in [0.29, 0.717) is 11.5 Å². The Kier molecular flexibility index (Phi) is 5.32. The Labute approximate surface area is 133 Å². The molecule has 122 valence electrons. The van der Waals surface area contributed by atoms with Gasteiger partial charge in [0.2, 0.25) is 0 Å². The van der Waals surface area contributed by atoms with Gasteiger partial charge in [-0.25, -0.2) is 13.9 Å². The summed E-state index contributed by atoms with van der Waals surface area (Å²) in [6.45, 7) is 0. The van der Waals surface area contributed by atoms with Crippen LogP contribution in [0.1, 0.15) is 0 Å². The fraction of sp³-hybridized carbons (Fsp3) is 0.133. The van der Waals surface area contributed by atoms with Crippen molar-refractivity contribution in [3.05, 3.63) is 54.6 Å². The maximum Gasteiger partial charge on any atom is 0.273 e. The molecule has 2 rings (SSSR count). The molecule has 0 bridgehead atoms. The van der Waals surface area contributed by atoms with Gasteiger partial charge in [-0.2, -0.15) is 0 Å². The van der Waals surface area contributed by atoms with Gasteiger partial charge in [0.15, 0.2) is 9.84 Å². The second-order valence-electron chi connectivity index (χ2n) is 4.66. The molecule has 2 aromatic rings. The number of aliphatic hydroxyl groups is 1. The van der Waals surface area contributed by atoms with E-state index in [0.717, 1.165) is 0 Å². The molecule has 1 amide bonds. The number of hydrogen-bond acceptors (Lipinski definition) is 6. The summed E-state index contributed by atoms with van der Waals surface area (Å²) in [6.07, 6.45) is -1.86. The van der Waals surface area contributed by atoms with E-state index >= 15 is 0 Å². The highest BCUT2D eigenvalue weighted by atomic mass is 32.2. The Balaban J connectivity index is 2.10. The second-order valence-corrected chi connectivity index (χ2v) is 6.69. The summed E-state index contributed by atoms with van der Waals surface area (Å²) < 4.78 is 29.7. The van der Waals surface area contributed by atoms with Crippen LogP contribution in [-0.4, -0.2) is 36.5 Å². The van der Waals surface area contributed by atoms with Crippen molar-refractivity contribution in [2.75, 3.05) is 5.75 Å². The van der Waals surface area contributed by atoms with E-state index < -0.39 is 27.6 Å². The van der Waals surface area contributed by atoms with E-state index in [9.17, 15) is 18.3 Å². The number of hydrogen-bond donors (Lipinski definition) is 3. The smallest absolute Gasteiger partial charge is 0.273 e. The first-order chi connectivity index (χ1) is 10.9. The van der Waals surface area contributed by atoms with Crippen molar-refractivity contribution in [2.45, 2.75) is 11.0 Å². The molecule has 0 saturated carbocycles. The highest BCUT2D eigenvalue weighted by molar-refractivity contribution is 7.91. The molecule has 0 aliphatic carbocycles. The molecule has 0 fully saturated rings. The largest absolute Gasteiger partial charge is 0.457 e. The summed E-state index contributed by atoms with van der Waals surface area (Å²) in [4.78, 5) is 10.9. The number of aliphatic hydroxyl groups excluding tert-OH is 1. The summed E-state index contributed by atoms with van der Waals surface area (Å²) in [5.41, 5.74) is 1.20. The molecular formula is C15H15NO6S. The van der Waals surface area contributed by atoms with Crippen LogP contribution in [0.3, 0.4) is 0 Å². The van der Waals surface area contributed by atoms with Crippen molar-refractivity contribution in [2.24, 2.45) is 0 Å². The van der Waals surface area contributed by atoms with Crippen LogP contribution in [-0.2, 0) is 14.6 Å². The standard InChI is InChI=1S/C15H15NO6S/c17-14(15(18)16-19)10-23(20,21)13-8-6-12(7-9-13)22-11-4-2-1-3-5-11/h1-9,14,17,19H,10H2,(H,16,18). The Morgan fingerprint density at radius 2 is 1.61 bits per heavy atom. The third kappa shape index (κ3) is 4.52. The minimum absolute atomic E-state index is 0.0669. The van der Waals surface area contributed by atoms with Gasteiger partial charge < -0.3 is 9.84 Å². The Bertz CT molecular complexity index is 758. The molecule has 0 heterocycles. The third-order valence-corrected chi connectivity index (χ3v) is 4.70. The Hall–Kier alpha value is -2.42. The maximum atomic E-state index is 12.1. The fourth-order valence-electron chi connectivity index (χ4n) is 1.79.